The first-order valence-electron chi connectivity index (χ1n) is 10.5. The van der Waals surface area contributed by atoms with E-state index >= 15 is 0 Å². The number of guanidine groups is 1. The van der Waals surface area contributed by atoms with Crippen molar-refractivity contribution in [1.29, 1.82) is 0 Å². The number of hydrogen-bond acceptors (Lipinski definition) is 4. The van der Waals surface area contributed by atoms with Crippen LogP contribution in [0.1, 0.15) is 44.6 Å². The molecule has 1 aromatic carbocycles. The number of nitrogens with zero attached hydrogens (tertiary/aromatic N) is 2. The molecule has 1 atom stereocenters. The first-order valence-corrected chi connectivity index (χ1v) is 10.5. The molecule has 2 fully saturated rings. The number of hydrogen-bond donors (Lipinski definition) is 2. The summed E-state index contributed by atoms with van der Waals surface area (Å²) in [6, 6.07) is 6.13. The average Bonchev–Trinajstić information content (AvgIpc) is 3.38. The fraction of sp³-hybridized carbons (Fsp3) is 0.667. The Labute approximate surface area is 194 Å². The number of aliphatic imine (C=N–C) groups is 1. The first-order chi connectivity index (χ1) is 14.1. The van der Waals surface area contributed by atoms with Crippen LogP contribution in [0.25, 0.3) is 0 Å². The number of rotatable bonds is 8. The summed E-state index contributed by atoms with van der Waals surface area (Å²) in [5.74, 6) is 1.11. The normalized spacial score (nSPS) is 20.3. The molecule has 1 saturated carbocycles. The van der Waals surface area contributed by atoms with Crippen molar-refractivity contribution in [2.24, 2.45) is 4.99 Å². The van der Waals surface area contributed by atoms with Crippen LogP contribution in [0.2, 0.25) is 0 Å². The summed E-state index contributed by atoms with van der Waals surface area (Å²) in [4.78, 5) is 6.93. The second kappa shape index (κ2) is 12.5. The number of likely N-dealkylation sites (tertiary alicyclic amines) is 1. The number of ether oxygens (including phenoxy) is 2. The second-order valence-electron chi connectivity index (χ2n) is 7.58. The third-order valence-corrected chi connectivity index (χ3v) is 5.61. The summed E-state index contributed by atoms with van der Waals surface area (Å²) >= 11 is 0. The molecule has 0 radical (unpaired) electrons. The van der Waals surface area contributed by atoms with Crippen molar-refractivity contribution < 1.29 is 18.3 Å². The van der Waals surface area contributed by atoms with E-state index in [1.54, 1.807) is 26.1 Å². The van der Waals surface area contributed by atoms with Gasteiger partial charge in [0.05, 0.1) is 6.61 Å². The van der Waals surface area contributed by atoms with Gasteiger partial charge in [0.1, 0.15) is 0 Å². The lowest BCUT2D eigenvalue weighted by Crippen LogP contribution is -2.45. The SMILES string of the molecule is CCOc1cc(CNC(=NC)NC2CCN(C3CCCC3)C2)ccc1OC(F)F.I. The standard InChI is InChI=1S/C21H32F2N4O2.HI/c1-3-28-19-12-15(8-9-18(19)29-20(22)23)13-25-21(24-2)26-16-10-11-27(14-16)17-6-4-5-7-17;/h8-9,12,16-17,20H,3-7,10-11,13-14H2,1-2H3,(H2,24,25,26);1H. The highest BCUT2D eigenvalue weighted by molar-refractivity contribution is 14.0. The Kier molecular flexibility index (Phi) is 10.4. The van der Waals surface area contributed by atoms with Crippen molar-refractivity contribution in [2.75, 3.05) is 26.7 Å². The number of alkyl halides is 2. The molecule has 0 bridgehead atoms. The van der Waals surface area contributed by atoms with E-state index < -0.39 is 6.61 Å². The Morgan fingerprint density at radius 2 is 2.00 bits per heavy atom. The highest BCUT2D eigenvalue weighted by Gasteiger charge is 2.30. The Balaban J connectivity index is 0.00000320. The van der Waals surface area contributed by atoms with Gasteiger partial charge in [0.2, 0.25) is 0 Å². The molecule has 1 saturated heterocycles. The minimum atomic E-state index is -2.88. The van der Waals surface area contributed by atoms with Gasteiger partial charge in [-0.3, -0.25) is 9.89 Å². The van der Waals surface area contributed by atoms with Gasteiger partial charge in [0.15, 0.2) is 17.5 Å². The molecule has 0 aromatic heterocycles. The molecule has 1 unspecified atom stereocenters. The number of halogens is 3. The summed E-state index contributed by atoms with van der Waals surface area (Å²) in [6.45, 7) is 2.00. The van der Waals surface area contributed by atoms with Gasteiger partial charge >= 0.3 is 6.61 Å². The van der Waals surface area contributed by atoms with Gasteiger partial charge in [-0.25, -0.2) is 0 Å². The minimum Gasteiger partial charge on any atom is -0.490 e. The van der Waals surface area contributed by atoms with E-state index in [1.165, 1.54) is 31.7 Å². The van der Waals surface area contributed by atoms with Gasteiger partial charge in [0, 0.05) is 38.8 Å². The molecule has 6 nitrogen and oxygen atoms in total. The molecular formula is C21H33F2IN4O2. The quantitative estimate of drug-likeness (QED) is 0.298. The van der Waals surface area contributed by atoms with Gasteiger partial charge in [-0.05, 0) is 43.9 Å². The molecule has 1 aliphatic carbocycles. The molecule has 1 aliphatic heterocycles. The molecule has 2 aliphatic rings. The van der Waals surface area contributed by atoms with Gasteiger partial charge in [-0.2, -0.15) is 8.78 Å². The zero-order valence-electron chi connectivity index (χ0n) is 17.7. The third kappa shape index (κ3) is 7.11. The van der Waals surface area contributed by atoms with E-state index in [1.807, 2.05) is 0 Å². The fourth-order valence-electron chi connectivity index (χ4n) is 4.20. The first kappa shape index (κ1) is 24.9. The Morgan fingerprint density at radius 3 is 2.67 bits per heavy atom. The van der Waals surface area contributed by atoms with Gasteiger partial charge < -0.3 is 20.1 Å². The zero-order valence-corrected chi connectivity index (χ0v) is 20.0. The summed E-state index contributed by atoms with van der Waals surface area (Å²) in [7, 11) is 1.75. The maximum Gasteiger partial charge on any atom is 0.387 e. The summed E-state index contributed by atoms with van der Waals surface area (Å²) < 4.78 is 35.1. The molecule has 1 aromatic rings. The van der Waals surface area contributed by atoms with Gasteiger partial charge in [0.25, 0.3) is 0 Å². The van der Waals surface area contributed by atoms with Crippen molar-refractivity contribution in [2.45, 2.75) is 64.3 Å². The molecular weight excluding hydrogens is 505 g/mol. The van der Waals surface area contributed by atoms with Crippen molar-refractivity contribution in [1.82, 2.24) is 15.5 Å². The van der Waals surface area contributed by atoms with Crippen LogP contribution in [0, 0.1) is 0 Å². The molecule has 9 heteroatoms. The third-order valence-electron chi connectivity index (χ3n) is 5.61. The Morgan fingerprint density at radius 1 is 1.23 bits per heavy atom. The van der Waals surface area contributed by atoms with Crippen LogP contribution in [0.5, 0.6) is 11.5 Å². The average molecular weight is 538 g/mol. The van der Waals surface area contributed by atoms with E-state index in [-0.39, 0.29) is 29.7 Å². The highest BCUT2D eigenvalue weighted by atomic mass is 127. The summed E-state index contributed by atoms with van der Waals surface area (Å²) in [5, 5.41) is 6.81. The maximum absolute atomic E-state index is 12.5. The molecule has 30 heavy (non-hydrogen) atoms. The topological polar surface area (TPSA) is 58.1 Å². The second-order valence-corrected chi connectivity index (χ2v) is 7.58. The van der Waals surface area contributed by atoms with Crippen molar-refractivity contribution in [3.05, 3.63) is 23.8 Å². The summed E-state index contributed by atoms with van der Waals surface area (Å²) in [6.07, 6.45) is 6.48. The zero-order chi connectivity index (χ0) is 20.6. The number of nitrogens with one attached hydrogen (secondary N) is 2. The van der Waals surface area contributed by atoms with Crippen molar-refractivity contribution in [3.63, 3.8) is 0 Å². The van der Waals surface area contributed by atoms with E-state index in [9.17, 15) is 8.78 Å². The number of benzene rings is 1. The molecule has 0 spiro atoms. The van der Waals surface area contributed by atoms with Crippen LogP contribution in [0.3, 0.4) is 0 Å². The lowest BCUT2D eigenvalue weighted by Gasteiger charge is -2.24. The minimum absolute atomic E-state index is 0. The van der Waals surface area contributed by atoms with Crippen LogP contribution in [-0.2, 0) is 6.54 Å². The van der Waals surface area contributed by atoms with Gasteiger partial charge in [-0.15, -0.1) is 24.0 Å². The van der Waals surface area contributed by atoms with Crippen LogP contribution in [0.4, 0.5) is 8.78 Å². The van der Waals surface area contributed by atoms with Crippen LogP contribution >= 0.6 is 24.0 Å². The molecule has 1 heterocycles. The van der Waals surface area contributed by atoms with Crippen LogP contribution in [0.15, 0.2) is 23.2 Å². The van der Waals surface area contributed by atoms with E-state index in [0.29, 0.717) is 24.9 Å². The van der Waals surface area contributed by atoms with E-state index in [0.717, 1.165) is 37.1 Å². The molecule has 2 N–H and O–H groups in total. The predicted octanol–water partition coefficient (Wildman–Crippen LogP) is 3.99. The van der Waals surface area contributed by atoms with Crippen LogP contribution in [-0.4, -0.2) is 56.3 Å². The smallest absolute Gasteiger partial charge is 0.387 e. The largest absolute Gasteiger partial charge is 0.490 e. The maximum atomic E-state index is 12.5. The van der Waals surface area contributed by atoms with Gasteiger partial charge in [-0.1, -0.05) is 18.9 Å². The van der Waals surface area contributed by atoms with E-state index in [2.05, 4.69) is 25.3 Å². The lowest BCUT2D eigenvalue weighted by molar-refractivity contribution is -0.0514. The Bertz CT molecular complexity index is 687. The van der Waals surface area contributed by atoms with Crippen LogP contribution < -0.4 is 20.1 Å². The van der Waals surface area contributed by atoms with Crippen molar-refractivity contribution in [3.8, 4) is 11.5 Å². The Hall–Kier alpha value is -1.36. The van der Waals surface area contributed by atoms with E-state index in [4.69, 9.17) is 4.74 Å². The van der Waals surface area contributed by atoms with Crippen molar-refractivity contribution >= 4 is 29.9 Å². The lowest BCUT2D eigenvalue weighted by atomic mass is 10.2. The monoisotopic (exact) mass is 538 g/mol. The summed E-state index contributed by atoms with van der Waals surface area (Å²) in [5.41, 5.74) is 0.900. The molecule has 0 amide bonds. The predicted molar refractivity (Wildman–Crippen MR) is 125 cm³/mol. The molecule has 3 rings (SSSR count). The molecule has 170 valence electrons. The highest BCUT2D eigenvalue weighted by Crippen LogP contribution is 2.30. The fourth-order valence-corrected chi connectivity index (χ4v) is 4.20.